The fourth-order valence-corrected chi connectivity index (χ4v) is 3.40. The second kappa shape index (κ2) is 7.20. The van der Waals surface area contributed by atoms with Crippen LogP contribution in [-0.4, -0.2) is 80.6 Å². The average Bonchev–Trinajstić information content (AvgIpc) is 3.16. The molecule has 0 spiro atoms. The zero-order valence-electron chi connectivity index (χ0n) is 14.4. The third-order valence-corrected chi connectivity index (χ3v) is 4.86. The fraction of sp³-hybridized carbons (Fsp3) is 0.471. The van der Waals surface area contributed by atoms with E-state index in [-0.39, 0.29) is 17.9 Å². The van der Waals surface area contributed by atoms with Crippen LogP contribution in [0.25, 0.3) is 11.4 Å². The van der Waals surface area contributed by atoms with E-state index >= 15 is 0 Å². The minimum atomic E-state index is -0.226. The third kappa shape index (κ3) is 3.43. The summed E-state index contributed by atoms with van der Waals surface area (Å²) in [5.41, 5.74) is 0.893. The Morgan fingerprint density at radius 1 is 1.19 bits per heavy atom. The summed E-state index contributed by atoms with van der Waals surface area (Å²) in [6.07, 6.45) is 0.291. The molecule has 0 unspecified atom stereocenters. The molecule has 3 heterocycles. The van der Waals surface area contributed by atoms with Crippen LogP contribution < -0.4 is 5.32 Å². The van der Waals surface area contributed by atoms with Gasteiger partial charge in [-0.15, -0.1) is 10.2 Å². The lowest BCUT2D eigenvalue weighted by Crippen LogP contribution is -2.64. The molecule has 1 aromatic carbocycles. The Morgan fingerprint density at radius 3 is 2.88 bits per heavy atom. The highest BCUT2D eigenvalue weighted by Crippen LogP contribution is 2.14. The molecule has 1 atom stereocenters. The lowest BCUT2D eigenvalue weighted by molar-refractivity contribution is -0.140. The third-order valence-electron chi connectivity index (χ3n) is 4.86. The van der Waals surface area contributed by atoms with Gasteiger partial charge in [0, 0.05) is 44.7 Å². The standard InChI is InChI=1S/C17H21N7O2/c25-15(23-11-10-22-9-7-18-17(26)14(22)12-23)6-8-24-20-16(19-21-24)13-4-2-1-3-5-13/h1-5,14H,6-12H2,(H,18,26)/t14-/m1/s1. The van der Waals surface area contributed by atoms with Crippen molar-refractivity contribution < 1.29 is 9.59 Å². The highest BCUT2D eigenvalue weighted by molar-refractivity contribution is 5.84. The summed E-state index contributed by atoms with van der Waals surface area (Å²) < 4.78 is 0. The Hall–Kier alpha value is -2.81. The lowest BCUT2D eigenvalue weighted by Gasteiger charge is -2.43. The zero-order chi connectivity index (χ0) is 17.9. The van der Waals surface area contributed by atoms with Gasteiger partial charge in [-0.1, -0.05) is 30.3 Å². The molecule has 0 aliphatic carbocycles. The Kier molecular flexibility index (Phi) is 4.61. The monoisotopic (exact) mass is 355 g/mol. The van der Waals surface area contributed by atoms with Gasteiger partial charge in [-0.3, -0.25) is 14.5 Å². The molecular weight excluding hydrogens is 334 g/mol. The normalized spacial score (nSPS) is 20.5. The number of hydrogen-bond acceptors (Lipinski definition) is 6. The molecular formula is C17H21N7O2. The molecule has 9 nitrogen and oxygen atoms in total. The van der Waals surface area contributed by atoms with Crippen LogP contribution in [0.4, 0.5) is 0 Å². The largest absolute Gasteiger partial charge is 0.353 e. The van der Waals surface area contributed by atoms with Crippen molar-refractivity contribution in [2.45, 2.75) is 19.0 Å². The molecule has 2 saturated heterocycles. The Morgan fingerprint density at radius 2 is 2.04 bits per heavy atom. The van der Waals surface area contributed by atoms with E-state index in [9.17, 15) is 9.59 Å². The number of carbonyl (C=O) groups excluding carboxylic acids is 2. The van der Waals surface area contributed by atoms with Gasteiger partial charge in [0.1, 0.15) is 6.04 Å². The van der Waals surface area contributed by atoms with Crippen molar-refractivity contribution in [1.82, 2.24) is 35.3 Å². The van der Waals surface area contributed by atoms with Crippen LogP contribution in [0.5, 0.6) is 0 Å². The van der Waals surface area contributed by atoms with E-state index < -0.39 is 0 Å². The number of carbonyl (C=O) groups is 2. The van der Waals surface area contributed by atoms with Crippen LogP contribution in [0.2, 0.25) is 0 Å². The molecule has 0 bridgehead atoms. The molecule has 136 valence electrons. The Balaban J connectivity index is 1.33. The summed E-state index contributed by atoms with van der Waals surface area (Å²) in [7, 11) is 0. The molecule has 0 saturated carbocycles. The summed E-state index contributed by atoms with van der Waals surface area (Å²) in [6, 6.07) is 9.37. The van der Waals surface area contributed by atoms with Crippen LogP contribution in [0.3, 0.4) is 0 Å². The molecule has 2 aliphatic rings. The second-order valence-corrected chi connectivity index (χ2v) is 6.51. The SMILES string of the molecule is O=C1NCCN2CCN(C(=O)CCn3nnc(-c4ccccc4)n3)C[C@H]12. The number of fused-ring (bicyclic) bond motifs is 1. The molecule has 1 N–H and O–H groups in total. The number of amides is 2. The van der Waals surface area contributed by atoms with Gasteiger partial charge in [-0.2, -0.15) is 4.80 Å². The number of hydrogen-bond donors (Lipinski definition) is 1. The first kappa shape index (κ1) is 16.6. The maximum atomic E-state index is 12.5. The van der Waals surface area contributed by atoms with Crippen molar-refractivity contribution >= 4 is 11.8 Å². The molecule has 2 amide bonds. The van der Waals surface area contributed by atoms with Crippen molar-refractivity contribution in [3.63, 3.8) is 0 Å². The van der Waals surface area contributed by atoms with Gasteiger partial charge in [0.05, 0.1) is 6.54 Å². The zero-order valence-corrected chi connectivity index (χ0v) is 14.4. The van der Waals surface area contributed by atoms with Gasteiger partial charge >= 0.3 is 0 Å². The number of benzene rings is 1. The minimum Gasteiger partial charge on any atom is -0.353 e. The molecule has 9 heteroatoms. The summed E-state index contributed by atoms with van der Waals surface area (Å²) >= 11 is 0. The molecule has 2 aromatic rings. The number of nitrogens with zero attached hydrogens (tertiary/aromatic N) is 6. The van der Waals surface area contributed by atoms with E-state index in [1.165, 1.54) is 4.80 Å². The van der Waals surface area contributed by atoms with Crippen molar-refractivity contribution in [1.29, 1.82) is 0 Å². The number of aryl methyl sites for hydroxylation is 1. The number of rotatable bonds is 4. The molecule has 2 fully saturated rings. The average molecular weight is 355 g/mol. The maximum Gasteiger partial charge on any atom is 0.239 e. The van der Waals surface area contributed by atoms with E-state index in [0.717, 1.165) is 18.7 Å². The van der Waals surface area contributed by atoms with Crippen LogP contribution >= 0.6 is 0 Å². The van der Waals surface area contributed by atoms with E-state index in [1.54, 1.807) is 4.90 Å². The van der Waals surface area contributed by atoms with E-state index in [2.05, 4.69) is 25.6 Å². The first-order valence-electron chi connectivity index (χ1n) is 8.83. The fourth-order valence-electron chi connectivity index (χ4n) is 3.40. The Labute approximate surface area is 151 Å². The summed E-state index contributed by atoms with van der Waals surface area (Å²) in [4.78, 5) is 29.9. The Bertz CT molecular complexity index is 791. The molecule has 1 aromatic heterocycles. The van der Waals surface area contributed by atoms with Crippen molar-refractivity contribution in [2.24, 2.45) is 0 Å². The number of tetrazole rings is 1. The van der Waals surface area contributed by atoms with E-state index in [1.807, 2.05) is 30.3 Å². The highest BCUT2D eigenvalue weighted by atomic mass is 16.2. The maximum absolute atomic E-state index is 12.5. The lowest BCUT2D eigenvalue weighted by atomic mass is 10.1. The number of nitrogens with one attached hydrogen (secondary N) is 1. The van der Waals surface area contributed by atoms with Crippen LogP contribution in [0.15, 0.2) is 30.3 Å². The first-order valence-corrected chi connectivity index (χ1v) is 8.83. The van der Waals surface area contributed by atoms with Crippen molar-refractivity contribution in [2.75, 3.05) is 32.7 Å². The number of aromatic nitrogens is 4. The van der Waals surface area contributed by atoms with Gasteiger partial charge in [-0.25, -0.2) is 0 Å². The van der Waals surface area contributed by atoms with E-state index in [4.69, 9.17) is 0 Å². The van der Waals surface area contributed by atoms with Crippen LogP contribution in [0.1, 0.15) is 6.42 Å². The topological polar surface area (TPSA) is 96.2 Å². The van der Waals surface area contributed by atoms with Crippen LogP contribution in [-0.2, 0) is 16.1 Å². The summed E-state index contributed by atoms with van der Waals surface area (Å²) in [6.45, 7) is 3.75. The van der Waals surface area contributed by atoms with Gasteiger partial charge in [0.15, 0.2) is 0 Å². The highest BCUT2D eigenvalue weighted by Gasteiger charge is 2.36. The van der Waals surface area contributed by atoms with Gasteiger partial charge in [0.25, 0.3) is 0 Å². The second-order valence-electron chi connectivity index (χ2n) is 6.51. The van der Waals surface area contributed by atoms with Crippen molar-refractivity contribution in [3.05, 3.63) is 30.3 Å². The molecule has 2 aliphatic heterocycles. The van der Waals surface area contributed by atoms with Gasteiger partial charge in [0.2, 0.25) is 17.6 Å². The molecule has 4 rings (SSSR count). The van der Waals surface area contributed by atoms with E-state index in [0.29, 0.717) is 38.4 Å². The van der Waals surface area contributed by atoms with Gasteiger partial charge in [-0.05, 0) is 5.21 Å². The summed E-state index contributed by atoms with van der Waals surface area (Å²) in [5, 5.41) is 15.3. The first-order chi connectivity index (χ1) is 12.7. The smallest absolute Gasteiger partial charge is 0.239 e. The molecule has 26 heavy (non-hydrogen) atoms. The predicted molar refractivity (Wildman–Crippen MR) is 92.8 cm³/mol. The molecule has 0 radical (unpaired) electrons. The van der Waals surface area contributed by atoms with Crippen LogP contribution in [0, 0.1) is 0 Å². The minimum absolute atomic E-state index is 0.0131. The van der Waals surface area contributed by atoms with Gasteiger partial charge < -0.3 is 10.2 Å². The predicted octanol–water partition coefficient (Wildman–Crippen LogP) is -0.627. The summed E-state index contributed by atoms with van der Waals surface area (Å²) in [5.74, 6) is 0.575. The van der Waals surface area contributed by atoms with Crippen molar-refractivity contribution in [3.8, 4) is 11.4 Å². The number of piperazine rings is 2. The quantitative estimate of drug-likeness (QED) is 0.785.